The van der Waals surface area contributed by atoms with Gasteiger partial charge in [0.15, 0.2) is 0 Å². The molecule has 0 saturated heterocycles. The van der Waals surface area contributed by atoms with E-state index in [0.717, 1.165) is 23.1 Å². The van der Waals surface area contributed by atoms with E-state index in [1.54, 1.807) is 13.8 Å². The van der Waals surface area contributed by atoms with Gasteiger partial charge in [0, 0.05) is 19.2 Å². The second-order valence-corrected chi connectivity index (χ2v) is 5.77. The first-order valence-electron chi connectivity index (χ1n) is 7.40. The lowest BCUT2D eigenvalue weighted by Gasteiger charge is -2.18. The minimum absolute atomic E-state index is 0.188. The number of rotatable bonds is 8. The topological polar surface area (TPSA) is 41.5 Å². The number of nitrogens with one attached hydrogen (secondary N) is 1. The first kappa shape index (κ1) is 16.2. The molecule has 2 N–H and O–H groups in total. The van der Waals surface area contributed by atoms with Crippen molar-refractivity contribution in [2.75, 3.05) is 6.61 Å². The highest BCUT2D eigenvalue weighted by molar-refractivity contribution is 5.43. The van der Waals surface area contributed by atoms with E-state index in [0.29, 0.717) is 18.5 Å². The summed E-state index contributed by atoms with van der Waals surface area (Å²) < 4.78 is 29.3. The molecular weight excluding hydrogens is 276 g/mol. The lowest BCUT2D eigenvalue weighted by atomic mass is 10.0. The molecule has 21 heavy (non-hydrogen) atoms. The molecule has 1 aliphatic carbocycles. The molecule has 2 rings (SSSR count). The van der Waals surface area contributed by atoms with Crippen LogP contribution >= 0.6 is 0 Å². The lowest BCUT2D eigenvalue weighted by Crippen LogP contribution is -2.31. The fraction of sp³-hybridized carbons (Fsp3) is 0.625. The van der Waals surface area contributed by atoms with Gasteiger partial charge in [-0.15, -0.1) is 0 Å². The molecule has 0 aliphatic heterocycles. The van der Waals surface area contributed by atoms with Crippen LogP contribution in [0.4, 0.5) is 8.78 Å². The average Bonchev–Trinajstić information content (AvgIpc) is 3.23. The Kier molecular flexibility index (Phi) is 5.53. The standard InChI is InChI=1S/C16H23F2NO2/c1-10-7-12(8-11(2)15(10)21-16(17)18)9-19-14(5-6-20)13-3-4-13/h7-8,13-14,16,19-20H,3-6,9H2,1-2H3. The number of aliphatic hydroxyl groups is 1. The number of ether oxygens (including phenoxy) is 1. The number of benzene rings is 1. The second-order valence-electron chi connectivity index (χ2n) is 5.77. The second kappa shape index (κ2) is 7.18. The average molecular weight is 299 g/mol. The van der Waals surface area contributed by atoms with E-state index in [1.807, 2.05) is 12.1 Å². The highest BCUT2D eigenvalue weighted by Gasteiger charge is 2.30. The molecule has 0 aromatic heterocycles. The molecule has 0 heterocycles. The van der Waals surface area contributed by atoms with Gasteiger partial charge in [-0.1, -0.05) is 12.1 Å². The molecule has 1 aromatic carbocycles. The van der Waals surface area contributed by atoms with Crippen LogP contribution in [0, 0.1) is 19.8 Å². The molecule has 0 spiro atoms. The van der Waals surface area contributed by atoms with Crippen LogP contribution in [0.3, 0.4) is 0 Å². The van der Waals surface area contributed by atoms with Crippen molar-refractivity contribution in [3.05, 3.63) is 28.8 Å². The fourth-order valence-electron chi connectivity index (χ4n) is 2.81. The minimum atomic E-state index is -2.80. The van der Waals surface area contributed by atoms with Crippen molar-refractivity contribution in [2.45, 2.75) is 52.3 Å². The molecule has 5 heteroatoms. The molecule has 1 aliphatic rings. The molecule has 118 valence electrons. The summed E-state index contributed by atoms with van der Waals surface area (Å²) in [6, 6.07) is 4.09. The molecule has 1 fully saturated rings. The third-order valence-corrected chi connectivity index (χ3v) is 3.93. The first-order valence-corrected chi connectivity index (χ1v) is 7.40. The summed E-state index contributed by atoms with van der Waals surface area (Å²) in [7, 11) is 0. The number of hydrogen-bond donors (Lipinski definition) is 2. The molecule has 1 unspecified atom stereocenters. The molecular formula is C16H23F2NO2. The van der Waals surface area contributed by atoms with Crippen molar-refractivity contribution in [3.63, 3.8) is 0 Å². The summed E-state index contributed by atoms with van der Waals surface area (Å²) in [4.78, 5) is 0. The minimum Gasteiger partial charge on any atom is -0.434 e. The van der Waals surface area contributed by atoms with Crippen LogP contribution in [-0.4, -0.2) is 24.4 Å². The van der Waals surface area contributed by atoms with Gasteiger partial charge >= 0.3 is 6.61 Å². The number of aryl methyl sites for hydroxylation is 2. The Balaban J connectivity index is 2.00. The largest absolute Gasteiger partial charge is 0.434 e. The number of alkyl halides is 2. The number of hydrogen-bond acceptors (Lipinski definition) is 3. The van der Waals surface area contributed by atoms with Gasteiger partial charge in [-0.2, -0.15) is 8.78 Å². The molecule has 0 bridgehead atoms. The van der Waals surface area contributed by atoms with E-state index in [1.165, 1.54) is 12.8 Å². The number of halogens is 2. The Morgan fingerprint density at radius 1 is 1.29 bits per heavy atom. The summed E-state index contributed by atoms with van der Waals surface area (Å²) in [6.45, 7) is 1.63. The van der Waals surface area contributed by atoms with Crippen molar-refractivity contribution in [2.24, 2.45) is 5.92 Å². The Hall–Kier alpha value is -1.20. The Labute approximate surface area is 124 Å². The number of aliphatic hydroxyl groups excluding tert-OH is 1. The van der Waals surface area contributed by atoms with Crippen molar-refractivity contribution >= 4 is 0 Å². The molecule has 3 nitrogen and oxygen atoms in total. The van der Waals surface area contributed by atoms with E-state index < -0.39 is 6.61 Å². The summed E-state index contributed by atoms with van der Waals surface area (Å²) in [5.74, 6) is 0.934. The van der Waals surface area contributed by atoms with Crippen LogP contribution in [0.1, 0.15) is 36.0 Å². The van der Waals surface area contributed by atoms with Gasteiger partial charge < -0.3 is 15.2 Å². The highest BCUT2D eigenvalue weighted by atomic mass is 19.3. The van der Waals surface area contributed by atoms with Crippen LogP contribution < -0.4 is 10.1 Å². The SMILES string of the molecule is Cc1cc(CNC(CCO)C2CC2)cc(C)c1OC(F)F. The van der Waals surface area contributed by atoms with Crippen LogP contribution in [-0.2, 0) is 6.54 Å². The lowest BCUT2D eigenvalue weighted by molar-refractivity contribution is -0.0507. The molecule has 0 radical (unpaired) electrons. The van der Waals surface area contributed by atoms with Crippen molar-refractivity contribution in [1.82, 2.24) is 5.32 Å². The summed E-state index contributed by atoms with van der Waals surface area (Å²) >= 11 is 0. The third kappa shape index (κ3) is 4.64. The van der Waals surface area contributed by atoms with Crippen LogP contribution in [0.2, 0.25) is 0 Å². The Morgan fingerprint density at radius 3 is 2.38 bits per heavy atom. The van der Waals surface area contributed by atoms with Crippen molar-refractivity contribution in [1.29, 1.82) is 0 Å². The van der Waals surface area contributed by atoms with E-state index in [2.05, 4.69) is 10.1 Å². The Bertz CT molecular complexity index is 452. The zero-order valence-electron chi connectivity index (χ0n) is 12.5. The van der Waals surface area contributed by atoms with Crippen LogP contribution in [0.5, 0.6) is 5.75 Å². The highest BCUT2D eigenvalue weighted by Crippen LogP contribution is 2.34. The van der Waals surface area contributed by atoms with Gasteiger partial charge in [0.2, 0.25) is 0 Å². The van der Waals surface area contributed by atoms with E-state index in [4.69, 9.17) is 5.11 Å². The normalized spacial score (nSPS) is 16.3. The van der Waals surface area contributed by atoms with Gasteiger partial charge in [0.25, 0.3) is 0 Å². The molecule has 0 amide bonds. The molecule has 1 aromatic rings. The quantitative estimate of drug-likeness (QED) is 0.775. The van der Waals surface area contributed by atoms with Gasteiger partial charge in [-0.3, -0.25) is 0 Å². The predicted molar refractivity (Wildman–Crippen MR) is 77.6 cm³/mol. The van der Waals surface area contributed by atoms with E-state index in [9.17, 15) is 8.78 Å². The summed E-state index contributed by atoms with van der Waals surface area (Å²) in [6.07, 6.45) is 3.20. The van der Waals surface area contributed by atoms with Gasteiger partial charge in [0.1, 0.15) is 5.75 Å². The fourth-order valence-corrected chi connectivity index (χ4v) is 2.81. The smallest absolute Gasteiger partial charge is 0.387 e. The Morgan fingerprint density at radius 2 is 1.90 bits per heavy atom. The van der Waals surface area contributed by atoms with E-state index >= 15 is 0 Å². The maximum absolute atomic E-state index is 12.4. The van der Waals surface area contributed by atoms with E-state index in [-0.39, 0.29) is 12.4 Å². The van der Waals surface area contributed by atoms with Crippen molar-refractivity contribution < 1.29 is 18.6 Å². The zero-order chi connectivity index (χ0) is 15.4. The van der Waals surface area contributed by atoms with Gasteiger partial charge in [-0.05, 0) is 55.7 Å². The third-order valence-electron chi connectivity index (χ3n) is 3.93. The summed E-state index contributed by atoms with van der Waals surface area (Å²) in [5, 5.41) is 12.6. The van der Waals surface area contributed by atoms with Crippen LogP contribution in [0.15, 0.2) is 12.1 Å². The maximum Gasteiger partial charge on any atom is 0.387 e. The maximum atomic E-state index is 12.4. The molecule has 1 saturated carbocycles. The summed E-state index contributed by atoms with van der Waals surface area (Å²) in [5.41, 5.74) is 2.49. The zero-order valence-corrected chi connectivity index (χ0v) is 12.5. The monoisotopic (exact) mass is 299 g/mol. The van der Waals surface area contributed by atoms with Gasteiger partial charge in [0.05, 0.1) is 0 Å². The van der Waals surface area contributed by atoms with Crippen LogP contribution in [0.25, 0.3) is 0 Å². The predicted octanol–water partition coefficient (Wildman–Crippen LogP) is 3.16. The van der Waals surface area contributed by atoms with Gasteiger partial charge in [-0.25, -0.2) is 0 Å². The molecule has 1 atom stereocenters. The first-order chi connectivity index (χ1) is 10.0. The van der Waals surface area contributed by atoms with Crippen molar-refractivity contribution in [3.8, 4) is 5.75 Å².